The number of piperidine rings is 1. The number of nitrogens with zero attached hydrogens (tertiary/aromatic N) is 1. The number of nitrogens with two attached hydrogens (primary N) is 1. The van der Waals surface area contributed by atoms with E-state index >= 15 is 0 Å². The van der Waals surface area contributed by atoms with Crippen molar-refractivity contribution >= 4 is 5.69 Å². The molecule has 88 valence electrons. The summed E-state index contributed by atoms with van der Waals surface area (Å²) in [5.74, 6) is 0.0555. The second-order valence-electron chi connectivity index (χ2n) is 4.27. The van der Waals surface area contributed by atoms with Gasteiger partial charge in [0, 0.05) is 13.1 Å². The summed E-state index contributed by atoms with van der Waals surface area (Å²) in [5.41, 5.74) is 5.73. The van der Waals surface area contributed by atoms with Crippen LogP contribution in [0.5, 0.6) is 5.75 Å². The first-order chi connectivity index (χ1) is 7.66. The fraction of sp³-hybridized carbons (Fsp3) is 0.500. The molecular formula is C12H17FN2O. The van der Waals surface area contributed by atoms with Crippen molar-refractivity contribution in [2.45, 2.75) is 18.9 Å². The highest BCUT2D eigenvalue weighted by molar-refractivity contribution is 5.53. The number of para-hydroxylation sites is 1. The molecule has 0 amide bonds. The molecule has 2 rings (SSSR count). The molecule has 1 heterocycles. The number of hydrogen-bond acceptors (Lipinski definition) is 3. The van der Waals surface area contributed by atoms with Crippen molar-refractivity contribution in [3.05, 3.63) is 24.0 Å². The molecule has 0 unspecified atom stereocenters. The molecule has 1 aromatic rings. The maximum absolute atomic E-state index is 13.2. The van der Waals surface area contributed by atoms with E-state index in [1.807, 2.05) is 0 Å². The van der Waals surface area contributed by atoms with Gasteiger partial charge >= 0.3 is 0 Å². The Morgan fingerprint density at radius 2 is 2.06 bits per heavy atom. The van der Waals surface area contributed by atoms with E-state index in [0.29, 0.717) is 5.75 Å². The maximum Gasteiger partial charge on any atom is 0.149 e. The van der Waals surface area contributed by atoms with Crippen LogP contribution in [0.25, 0.3) is 0 Å². The van der Waals surface area contributed by atoms with Crippen LogP contribution in [0.1, 0.15) is 12.8 Å². The van der Waals surface area contributed by atoms with E-state index in [-0.39, 0.29) is 11.8 Å². The molecule has 0 saturated carbocycles. The zero-order valence-electron chi connectivity index (χ0n) is 9.45. The summed E-state index contributed by atoms with van der Waals surface area (Å²) in [5, 5.41) is 0. The number of rotatable bonds is 2. The average molecular weight is 224 g/mol. The molecule has 1 aromatic carbocycles. The Kier molecular flexibility index (Phi) is 3.29. The van der Waals surface area contributed by atoms with E-state index in [2.05, 4.69) is 11.9 Å². The standard InChI is InChI=1S/C12H17FN2O/c1-15-7-5-9(6-8-15)16-11-4-2-3-10(13)12(11)14/h2-4,9H,5-8,14H2,1H3. The third-order valence-corrected chi connectivity index (χ3v) is 2.97. The maximum atomic E-state index is 13.2. The van der Waals surface area contributed by atoms with Crippen LogP contribution in [0.15, 0.2) is 18.2 Å². The molecule has 2 N–H and O–H groups in total. The number of ether oxygens (including phenoxy) is 1. The normalized spacial score (nSPS) is 18.6. The van der Waals surface area contributed by atoms with Crippen molar-refractivity contribution in [1.29, 1.82) is 0 Å². The fourth-order valence-corrected chi connectivity index (χ4v) is 1.90. The molecule has 4 heteroatoms. The molecule has 1 saturated heterocycles. The van der Waals surface area contributed by atoms with Gasteiger partial charge in [0.25, 0.3) is 0 Å². The summed E-state index contributed by atoms with van der Waals surface area (Å²) >= 11 is 0. The van der Waals surface area contributed by atoms with E-state index in [0.717, 1.165) is 25.9 Å². The highest BCUT2D eigenvalue weighted by Gasteiger charge is 2.19. The minimum absolute atomic E-state index is 0.112. The molecule has 1 aliphatic rings. The Balaban J connectivity index is 2.01. The zero-order valence-corrected chi connectivity index (χ0v) is 9.45. The lowest BCUT2D eigenvalue weighted by Gasteiger charge is -2.29. The summed E-state index contributed by atoms with van der Waals surface area (Å²) < 4.78 is 18.9. The van der Waals surface area contributed by atoms with E-state index in [9.17, 15) is 4.39 Å². The number of hydrogen-bond donors (Lipinski definition) is 1. The SMILES string of the molecule is CN1CCC(Oc2cccc(F)c2N)CC1. The van der Waals surface area contributed by atoms with Gasteiger partial charge in [-0.2, -0.15) is 0 Å². The van der Waals surface area contributed by atoms with Crippen molar-refractivity contribution in [2.24, 2.45) is 0 Å². The van der Waals surface area contributed by atoms with Crippen molar-refractivity contribution in [3.63, 3.8) is 0 Å². The lowest BCUT2D eigenvalue weighted by atomic mass is 10.1. The second-order valence-corrected chi connectivity index (χ2v) is 4.27. The largest absolute Gasteiger partial charge is 0.488 e. The van der Waals surface area contributed by atoms with Crippen LogP contribution in [0, 0.1) is 5.82 Å². The molecule has 1 aliphatic heterocycles. The number of anilines is 1. The number of benzene rings is 1. The van der Waals surface area contributed by atoms with E-state index in [4.69, 9.17) is 10.5 Å². The van der Waals surface area contributed by atoms with E-state index < -0.39 is 5.82 Å². The van der Waals surface area contributed by atoms with Gasteiger partial charge in [0.05, 0.1) is 0 Å². The Bertz CT molecular complexity index is 362. The fourth-order valence-electron chi connectivity index (χ4n) is 1.90. The third kappa shape index (κ3) is 2.44. The highest BCUT2D eigenvalue weighted by atomic mass is 19.1. The van der Waals surface area contributed by atoms with Gasteiger partial charge in [0.2, 0.25) is 0 Å². The smallest absolute Gasteiger partial charge is 0.149 e. The van der Waals surface area contributed by atoms with Crippen molar-refractivity contribution in [2.75, 3.05) is 25.9 Å². The average Bonchev–Trinajstić information content (AvgIpc) is 2.28. The van der Waals surface area contributed by atoms with E-state index in [1.165, 1.54) is 6.07 Å². The van der Waals surface area contributed by atoms with Crippen LogP contribution >= 0.6 is 0 Å². The Hall–Kier alpha value is -1.29. The molecule has 0 aromatic heterocycles. The Morgan fingerprint density at radius 1 is 1.38 bits per heavy atom. The second kappa shape index (κ2) is 4.70. The van der Waals surface area contributed by atoms with Crippen molar-refractivity contribution in [3.8, 4) is 5.75 Å². The molecule has 0 bridgehead atoms. The van der Waals surface area contributed by atoms with Crippen molar-refractivity contribution < 1.29 is 9.13 Å². The number of halogens is 1. The Labute approximate surface area is 95.0 Å². The van der Waals surface area contributed by atoms with Crippen LogP contribution < -0.4 is 10.5 Å². The van der Waals surface area contributed by atoms with Gasteiger partial charge in [-0.15, -0.1) is 0 Å². The number of likely N-dealkylation sites (tertiary alicyclic amines) is 1. The van der Waals surface area contributed by atoms with Gasteiger partial charge in [0.15, 0.2) is 0 Å². The van der Waals surface area contributed by atoms with Gasteiger partial charge in [-0.05, 0) is 32.0 Å². The number of nitrogen functional groups attached to an aromatic ring is 1. The molecule has 0 spiro atoms. The van der Waals surface area contributed by atoms with E-state index in [1.54, 1.807) is 12.1 Å². The minimum atomic E-state index is -0.412. The topological polar surface area (TPSA) is 38.5 Å². The predicted octanol–water partition coefficient (Wildman–Crippen LogP) is 1.88. The van der Waals surface area contributed by atoms with Crippen LogP contribution in [-0.4, -0.2) is 31.1 Å². The molecule has 0 radical (unpaired) electrons. The first-order valence-corrected chi connectivity index (χ1v) is 5.56. The van der Waals surface area contributed by atoms with Crippen LogP contribution in [0.3, 0.4) is 0 Å². The summed E-state index contributed by atoms with van der Waals surface area (Å²) in [6, 6.07) is 4.68. The molecule has 0 aliphatic carbocycles. The Morgan fingerprint density at radius 3 is 2.75 bits per heavy atom. The first kappa shape index (κ1) is 11.2. The van der Waals surface area contributed by atoms with Gasteiger partial charge in [-0.3, -0.25) is 0 Å². The molecular weight excluding hydrogens is 207 g/mol. The van der Waals surface area contributed by atoms with Crippen LogP contribution in [0.4, 0.5) is 10.1 Å². The molecule has 16 heavy (non-hydrogen) atoms. The highest BCUT2D eigenvalue weighted by Crippen LogP contribution is 2.26. The molecule has 1 fully saturated rings. The lowest BCUT2D eigenvalue weighted by Crippen LogP contribution is -2.35. The zero-order chi connectivity index (χ0) is 11.5. The third-order valence-electron chi connectivity index (χ3n) is 2.97. The quantitative estimate of drug-likeness (QED) is 0.779. The summed E-state index contributed by atoms with van der Waals surface area (Å²) in [4.78, 5) is 2.26. The van der Waals surface area contributed by atoms with Gasteiger partial charge < -0.3 is 15.4 Å². The lowest BCUT2D eigenvalue weighted by molar-refractivity contribution is 0.115. The van der Waals surface area contributed by atoms with Gasteiger partial charge in [-0.1, -0.05) is 6.07 Å². The van der Waals surface area contributed by atoms with Gasteiger partial charge in [-0.25, -0.2) is 4.39 Å². The van der Waals surface area contributed by atoms with Crippen molar-refractivity contribution in [1.82, 2.24) is 4.90 Å². The van der Waals surface area contributed by atoms with Crippen LogP contribution in [-0.2, 0) is 0 Å². The molecule has 0 atom stereocenters. The van der Waals surface area contributed by atoms with Crippen LogP contribution in [0.2, 0.25) is 0 Å². The summed E-state index contributed by atoms with van der Waals surface area (Å²) in [6.45, 7) is 2.03. The predicted molar refractivity (Wildman–Crippen MR) is 62.0 cm³/mol. The molecule has 3 nitrogen and oxygen atoms in total. The minimum Gasteiger partial charge on any atom is -0.488 e. The first-order valence-electron chi connectivity index (χ1n) is 5.56. The van der Waals surface area contributed by atoms with Gasteiger partial charge in [0.1, 0.15) is 23.4 Å². The monoisotopic (exact) mass is 224 g/mol. The summed E-state index contributed by atoms with van der Waals surface area (Å²) in [7, 11) is 2.09. The summed E-state index contributed by atoms with van der Waals surface area (Å²) in [6.07, 6.45) is 2.08.